The van der Waals surface area contributed by atoms with Crippen LogP contribution in [0.25, 0.3) is 0 Å². The Morgan fingerprint density at radius 1 is 1.36 bits per heavy atom. The SMILES string of the molecule is CCCOCCCCC(N)=S. The Bertz CT molecular complexity index is 106. The molecule has 0 saturated heterocycles. The van der Waals surface area contributed by atoms with E-state index < -0.39 is 0 Å². The molecular weight excluding hydrogens is 158 g/mol. The smallest absolute Gasteiger partial charge is 0.0727 e. The van der Waals surface area contributed by atoms with E-state index in [1.807, 2.05) is 0 Å². The highest BCUT2D eigenvalue weighted by molar-refractivity contribution is 7.80. The molecule has 11 heavy (non-hydrogen) atoms. The lowest BCUT2D eigenvalue weighted by molar-refractivity contribution is 0.131. The molecule has 0 amide bonds. The second-order valence-electron chi connectivity index (χ2n) is 2.54. The molecule has 0 aliphatic rings. The van der Waals surface area contributed by atoms with Gasteiger partial charge in [-0.3, -0.25) is 0 Å². The molecule has 0 atom stereocenters. The summed E-state index contributed by atoms with van der Waals surface area (Å²) in [5.74, 6) is 0. The first-order valence-electron chi connectivity index (χ1n) is 4.13. The number of unbranched alkanes of at least 4 members (excludes halogenated alkanes) is 1. The summed E-state index contributed by atoms with van der Waals surface area (Å²) < 4.78 is 5.28. The lowest BCUT2D eigenvalue weighted by Crippen LogP contribution is -2.07. The normalized spacial score (nSPS) is 9.91. The van der Waals surface area contributed by atoms with E-state index in [1.54, 1.807) is 0 Å². The summed E-state index contributed by atoms with van der Waals surface area (Å²) in [6.45, 7) is 3.82. The van der Waals surface area contributed by atoms with Crippen LogP contribution in [-0.4, -0.2) is 18.2 Å². The van der Waals surface area contributed by atoms with Crippen LogP contribution in [0.5, 0.6) is 0 Å². The second kappa shape index (κ2) is 7.95. The Labute approximate surface area is 74.1 Å². The summed E-state index contributed by atoms with van der Waals surface area (Å²) in [7, 11) is 0. The van der Waals surface area contributed by atoms with Gasteiger partial charge in [-0.05, 0) is 25.7 Å². The Kier molecular flexibility index (Phi) is 7.84. The number of hydrogen-bond acceptors (Lipinski definition) is 2. The average molecular weight is 175 g/mol. The number of ether oxygens (including phenoxy) is 1. The number of thiocarbonyl (C=S) groups is 1. The zero-order valence-corrected chi connectivity index (χ0v) is 7.95. The molecular formula is C8H17NOS. The second-order valence-corrected chi connectivity index (χ2v) is 3.06. The molecule has 2 nitrogen and oxygen atoms in total. The predicted octanol–water partition coefficient (Wildman–Crippen LogP) is 1.87. The van der Waals surface area contributed by atoms with Gasteiger partial charge in [0.05, 0.1) is 4.99 Å². The van der Waals surface area contributed by atoms with Crippen molar-refractivity contribution in [3.63, 3.8) is 0 Å². The van der Waals surface area contributed by atoms with Crippen LogP contribution >= 0.6 is 12.2 Å². The van der Waals surface area contributed by atoms with Gasteiger partial charge in [0.15, 0.2) is 0 Å². The zero-order valence-electron chi connectivity index (χ0n) is 7.14. The van der Waals surface area contributed by atoms with Crippen molar-refractivity contribution in [2.45, 2.75) is 32.6 Å². The van der Waals surface area contributed by atoms with E-state index >= 15 is 0 Å². The average Bonchev–Trinajstić information content (AvgIpc) is 1.96. The van der Waals surface area contributed by atoms with Gasteiger partial charge in [-0.25, -0.2) is 0 Å². The van der Waals surface area contributed by atoms with E-state index in [1.165, 1.54) is 0 Å². The van der Waals surface area contributed by atoms with Crippen molar-refractivity contribution in [3.05, 3.63) is 0 Å². The highest BCUT2D eigenvalue weighted by Gasteiger charge is 1.90. The number of nitrogens with two attached hydrogens (primary N) is 1. The topological polar surface area (TPSA) is 35.2 Å². The first-order chi connectivity index (χ1) is 5.27. The molecule has 0 bridgehead atoms. The molecule has 66 valence electrons. The minimum absolute atomic E-state index is 0.612. The fraction of sp³-hybridized carbons (Fsp3) is 0.875. The quantitative estimate of drug-likeness (QED) is 0.474. The van der Waals surface area contributed by atoms with E-state index in [0.717, 1.165) is 38.9 Å². The van der Waals surface area contributed by atoms with Crippen LogP contribution in [-0.2, 0) is 4.74 Å². The summed E-state index contributed by atoms with van der Waals surface area (Å²) in [5, 5.41) is 0. The zero-order chi connectivity index (χ0) is 8.53. The van der Waals surface area contributed by atoms with Gasteiger partial charge in [-0.1, -0.05) is 19.1 Å². The first kappa shape index (κ1) is 10.8. The molecule has 0 aromatic heterocycles. The first-order valence-corrected chi connectivity index (χ1v) is 4.54. The van der Waals surface area contributed by atoms with Gasteiger partial charge < -0.3 is 10.5 Å². The molecule has 0 heterocycles. The minimum Gasteiger partial charge on any atom is -0.393 e. The lowest BCUT2D eigenvalue weighted by atomic mass is 10.2. The van der Waals surface area contributed by atoms with E-state index in [4.69, 9.17) is 22.7 Å². The fourth-order valence-electron chi connectivity index (χ4n) is 0.750. The monoisotopic (exact) mass is 175 g/mol. The molecule has 0 aromatic carbocycles. The Balaban J connectivity index is 2.85. The van der Waals surface area contributed by atoms with Crippen molar-refractivity contribution < 1.29 is 4.74 Å². The maximum absolute atomic E-state index is 5.32. The third-order valence-corrected chi connectivity index (χ3v) is 1.51. The molecule has 0 aliphatic heterocycles. The standard InChI is InChI=1S/C8H17NOS/c1-2-6-10-7-4-3-5-8(9)11/h2-7H2,1H3,(H2,9,11). The number of hydrogen-bond donors (Lipinski definition) is 1. The van der Waals surface area contributed by atoms with Gasteiger partial charge >= 0.3 is 0 Å². The van der Waals surface area contributed by atoms with Crippen molar-refractivity contribution in [1.82, 2.24) is 0 Å². The van der Waals surface area contributed by atoms with Crippen LogP contribution in [0.1, 0.15) is 32.6 Å². The minimum atomic E-state index is 0.612. The van der Waals surface area contributed by atoms with Crippen molar-refractivity contribution >= 4 is 17.2 Å². The van der Waals surface area contributed by atoms with Crippen LogP contribution in [0.15, 0.2) is 0 Å². The fourth-order valence-corrected chi connectivity index (χ4v) is 0.894. The van der Waals surface area contributed by atoms with Gasteiger partial charge in [-0.15, -0.1) is 0 Å². The van der Waals surface area contributed by atoms with Gasteiger partial charge in [0, 0.05) is 13.2 Å². The highest BCUT2D eigenvalue weighted by Crippen LogP contribution is 1.96. The molecule has 3 heteroatoms. The van der Waals surface area contributed by atoms with Gasteiger partial charge in [0.2, 0.25) is 0 Å². The Morgan fingerprint density at radius 2 is 2.09 bits per heavy atom. The van der Waals surface area contributed by atoms with Gasteiger partial charge in [0.25, 0.3) is 0 Å². The third-order valence-electron chi connectivity index (χ3n) is 1.31. The lowest BCUT2D eigenvalue weighted by Gasteiger charge is -2.00. The molecule has 0 rings (SSSR count). The molecule has 2 N–H and O–H groups in total. The van der Waals surface area contributed by atoms with E-state index in [2.05, 4.69) is 6.92 Å². The number of rotatable bonds is 7. The molecule has 0 spiro atoms. The van der Waals surface area contributed by atoms with E-state index in [9.17, 15) is 0 Å². The van der Waals surface area contributed by atoms with Crippen LogP contribution in [0.3, 0.4) is 0 Å². The summed E-state index contributed by atoms with van der Waals surface area (Å²) in [6.07, 6.45) is 4.07. The van der Waals surface area contributed by atoms with E-state index in [0.29, 0.717) is 4.99 Å². The van der Waals surface area contributed by atoms with Crippen molar-refractivity contribution in [3.8, 4) is 0 Å². The van der Waals surface area contributed by atoms with Gasteiger partial charge in [-0.2, -0.15) is 0 Å². The van der Waals surface area contributed by atoms with Crippen LogP contribution in [0.2, 0.25) is 0 Å². The summed E-state index contributed by atoms with van der Waals surface area (Å²) >= 11 is 4.73. The van der Waals surface area contributed by atoms with Crippen molar-refractivity contribution in [2.24, 2.45) is 5.73 Å². The Morgan fingerprint density at radius 3 is 2.64 bits per heavy atom. The molecule has 0 saturated carbocycles. The van der Waals surface area contributed by atoms with Crippen LogP contribution in [0, 0.1) is 0 Å². The van der Waals surface area contributed by atoms with Crippen LogP contribution < -0.4 is 5.73 Å². The van der Waals surface area contributed by atoms with Crippen LogP contribution in [0.4, 0.5) is 0 Å². The van der Waals surface area contributed by atoms with Crippen molar-refractivity contribution in [1.29, 1.82) is 0 Å². The largest absolute Gasteiger partial charge is 0.393 e. The molecule has 0 fully saturated rings. The highest BCUT2D eigenvalue weighted by atomic mass is 32.1. The summed E-state index contributed by atoms with van der Waals surface area (Å²) in [4.78, 5) is 0.612. The maximum Gasteiger partial charge on any atom is 0.0727 e. The molecule has 0 aliphatic carbocycles. The van der Waals surface area contributed by atoms with E-state index in [-0.39, 0.29) is 0 Å². The molecule has 0 unspecified atom stereocenters. The Hall–Kier alpha value is -0.150. The molecule has 0 radical (unpaired) electrons. The predicted molar refractivity (Wildman–Crippen MR) is 51.7 cm³/mol. The molecule has 0 aromatic rings. The third kappa shape index (κ3) is 9.85. The van der Waals surface area contributed by atoms with Crippen molar-refractivity contribution in [2.75, 3.05) is 13.2 Å². The maximum atomic E-state index is 5.32. The summed E-state index contributed by atoms with van der Waals surface area (Å²) in [5.41, 5.74) is 5.32. The summed E-state index contributed by atoms with van der Waals surface area (Å²) in [6, 6.07) is 0. The van der Waals surface area contributed by atoms with Gasteiger partial charge in [0.1, 0.15) is 0 Å².